The second kappa shape index (κ2) is 12.8. The highest BCUT2D eigenvalue weighted by atomic mass is 32.2. The molecule has 0 aromatic heterocycles. The highest BCUT2D eigenvalue weighted by Gasteiger charge is 2.47. The van der Waals surface area contributed by atoms with E-state index in [1.54, 1.807) is 0 Å². The summed E-state index contributed by atoms with van der Waals surface area (Å²) < 4.78 is 25.1. The summed E-state index contributed by atoms with van der Waals surface area (Å²) in [6.07, 6.45) is -0.344. The summed E-state index contributed by atoms with van der Waals surface area (Å²) in [4.78, 5) is 0. The molecule has 1 atom stereocenters. The van der Waals surface area contributed by atoms with Crippen molar-refractivity contribution in [3.8, 4) is 17.2 Å². The molecule has 4 aromatic carbocycles. The topological polar surface area (TPSA) is 57.2 Å². The molecule has 1 unspecified atom stereocenters. The van der Waals surface area contributed by atoms with E-state index in [0.717, 1.165) is 80.9 Å². The van der Waals surface area contributed by atoms with Gasteiger partial charge in [-0.3, -0.25) is 0 Å². The lowest BCUT2D eigenvalue weighted by Crippen LogP contribution is -2.49. The first-order valence-corrected chi connectivity index (χ1v) is 16.1. The van der Waals surface area contributed by atoms with Crippen molar-refractivity contribution in [1.29, 1.82) is 0 Å². The van der Waals surface area contributed by atoms with Crippen LogP contribution < -0.4 is 14.2 Å². The van der Waals surface area contributed by atoms with Crippen LogP contribution in [0.3, 0.4) is 0 Å². The van der Waals surface area contributed by atoms with Gasteiger partial charge in [0, 0.05) is 46.1 Å². The Bertz CT molecular complexity index is 1370. The van der Waals surface area contributed by atoms with Gasteiger partial charge in [0.15, 0.2) is 17.1 Å². The monoisotopic (exact) mass is 574 g/mol. The molecule has 6 rings (SSSR count). The summed E-state index contributed by atoms with van der Waals surface area (Å²) in [5.41, 5.74) is 1.83. The number of benzene rings is 4. The van der Waals surface area contributed by atoms with E-state index < -0.39 is 11.7 Å². The maximum absolute atomic E-state index is 11.9. The van der Waals surface area contributed by atoms with Gasteiger partial charge in [-0.05, 0) is 29.0 Å². The summed E-state index contributed by atoms with van der Waals surface area (Å²) in [6.45, 7) is 2.73. The largest absolute Gasteiger partial charge is 0.489 e. The Morgan fingerprint density at radius 1 is 0.650 bits per heavy atom. The van der Waals surface area contributed by atoms with Gasteiger partial charge in [-0.2, -0.15) is 23.5 Å². The fraction of sp³-hybridized carbons (Fsp3) is 0.333. The molecule has 0 radical (unpaired) electrons. The minimum absolute atomic E-state index is 0.447. The summed E-state index contributed by atoms with van der Waals surface area (Å²) in [6, 6.07) is 28.3. The molecule has 0 saturated carbocycles. The Morgan fingerprint density at radius 2 is 1.23 bits per heavy atom. The molecule has 0 spiro atoms. The van der Waals surface area contributed by atoms with Crippen LogP contribution in [0.1, 0.15) is 16.7 Å². The van der Waals surface area contributed by atoms with Gasteiger partial charge < -0.3 is 24.1 Å². The lowest BCUT2D eigenvalue weighted by molar-refractivity contribution is -0.0423. The lowest BCUT2D eigenvalue weighted by Gasteiger charge is -2.43. The number of hydrogen-bond donors (Lipinski definition) is 1. The minimum Gasteiger partial charge on any atom is -0.489 e. The Morgan fingerprint density at radius 3 is 1.85 bits per heavy atom. The molecular weight excluding hydrogens is 540 g/mol. The van der Waals surface area contributed by atoms with Gasteiger partial charge in [-0.25, -0.2) is 0 Å². The van der Waals surface area contributed by atoms with Gasteiger partial charge in [-0.1, -0.05) is 66.7 Å². The van der Waals surface area contributed by atoms with Gasteiger partial charge in [0.1, 0.15) is 11.9 Å². The van der Waals surface area contributed by atoms with Crippen LogP contribution in [0.25, 0.3) is 10.8 Å². The van der Waals surface area contributed by atoms with Gasteiger partial charge in [-0.15, -0.1) is 0 Å². The van der Waals surface area contributed by atoms with Crippen molar-refractivity contribution in [3.63, 3.8) is 0 Å². The zero-order chi connectivity index (χ0) is 27.2. The molecule has 2 aliphatic heterocycles. The number of ether oxygens (including phenoxy) is 4. The molecule has 208 valence electrons. The predicted molar refractivity (Wildman–Crippen MR) is 164 cm³/mol. The molecule has 40 heavy (non-hydrogen) atoms. The third-order valence-corrected chi connectivity index (χ3v) is 9.23. The van der Waals surface area contributed by atoms with Crippen LogP contribution in [0, 0.1) is 0 Å². The molecular formula is C33H34O5S2. The van der Waals surface area contributed by atoms with Crippen LogP contribution in [-0.4, -0.2) is 60.6 Å². The average molecular weight is 575 g/mol. The van der Waals surface area contributed by atoms with Crippen molar-refractivity contribution in [2.45, 2.75) is 18.1 Å². The predicted octanol–water partition coefficient (Wildman–Crippen LogP) is 6.33. The van der Waals surface area contributed by atoms with Crippen LogP contribution in [0.15, 0.2) is 84.9 Å². The Hall–Kier alpha value is -2.84. The van der Waals surface area contributed by atoms with E-state index >= 15 is 0 Å². The van der Waals surface area contributed by atoms with Gasteiger partial charge in [0.2, 0.25) is 0 Å². The molecule has 0 saturated heterocycles. The number of hydrogen-bond acceptors (Lipinski definition) is 7. The van der Waals surface area contributed by atoms with Crippen molar-refractivity contribution in [2.75, 3.05) is 49.4 Å². The average Bonchev–Trinajstić information content (AvgIpc) is 3.00. The molecule has 7 heteroatoms. The molecule has 0 fully saturated rings. The maximum Gasteiger partial charge on any atom is 0.185 e. The van der Waals surface area contributed by atoms with E-state index in [0.29, 0.717) is 19.6 Å². The SMILES string of the molecule is OC1Cc2c(ccc3cc4c(cc23)OCCSCCOCCSCCO4)OC1(c1ccccc1)c1ccccc1. The van der Waals surface area contributed by atoms with Crippen LogP contribution in [0.2, 0.25) is 0 Å². The Balaban J connectivity index is 1.38. The summed E-state index contributed by atoms with van der Waals surface area (Å²) in [5.74, 6) is 5.95. The molecule has 1 N–H and O–H groups in total. The Kier molecular flexibility index (Phi) is 8.73. The molecule has 0 bridgehead atoms. The van der Waals surface area contributed by atoms with E-state index in [-0.39, 0.29) is 0 Å². The smallest absolute Gasteiger partial charge is 0.185 e. The van der Waals surface area contributed by atoms with Gasteiger partial charge >= 0.3 is 0 Å². The molecule has 5 nitrogen and oxygen atoms in total. The third kappa shape index (κ3) is 5.66. The third-order valence-electron chi connectivity index (χ3n) is 7.41. The van der Waals surface area contributed by atoms with Gasteiger partial charge in [0.05, 0.1) is 26.4 Å². The fourth-order valence-corrected chi connectivity index (χ4v) is 6.77. The standard InChI is InChI=1S/C33H34O5S2/c34-32-23-28-27-22-31-30(36-15-19-39-17-13-35-14-18-40-20-16-37-31)21-24(27)11-12-29(28)38-33(32,25-7-3-1-4-8-25)26-9-5-2-6-10-26/h1-12,21-22,32,34H,13-20,23H2. The van der Waals surface area contributed by atoms with E-state index in [1.807, 2.05) is 90.3 Å². The first-order chi connectivity index (χ1) is 19.8. The summed E-state index contributed by atoms with van der Waals surface area (Å²) in [5, 5.41) is 13.9. The summed E-state index contributed by atoms with van der Waals surface area (Å²) >= 11 is 3.67. The zero-order valence-electron chi connectivity index (χ0n) is 22.4. The quantitative estimate of drug-likeness (QED) is 0.300. The number of aliphatic hydroxyl groups is 1. The van der Waals surface area contributed by atoms with Crippen LogP contribution >= 0.6 is 23.5 Å². The van der Waals surface area contributed by atoms with Crippen LogP contribution in [-0.2, 0) is 16.8 Å². The first-order valence-electron chi connectivity index (χ1n) is 13.8. The molecule has 0 aliphatic carbocycles. The van der Waals surface area contributed by atoms with Crippen molar-refractivity contribution in [2.24, 2.45) is 0 Å². The molecule has 2 aliphatic rings. The number of fused-ring (bicyclic) bond motifs is 4. The minimum atomic E-state index is -1.01. The van der Waals surface area contributed by atoms with Crippen molar-refractivity contribution >= 4 is 34.3 Å². The van der Waals surface area contributed by atoms with E-state index in [2.05, 4.69) is 18.2 Å². The number of aliphatic hydroxyl groups excluding tert-OH is 1. The van der Waals surface area contributed by atoms with Crippen molar-refractivity contribution in [1.82, 2.24) is 0 Å². The molecule has 0 amide bonds. The van der Waals surface area contributed by atoms with Gasteiger partial charge in [0.25, 0.3) is 0 Å². The van der Waals surface area contributed by atoms with E-state index in [4.69, 9.17) is 18.9 Å². The second-order valence-electron chi connectivity index (χ2n) is 9.89. The van der Waals surface area contributed by atoms with Crippen LogP contribution in [0.4, 0.5) is 0 Å². The first kappa shape index (κ1) is 27.3. The number of thioether (sulfide) groups is 2. The maximum atomic E-state index is 11.9. The molecule has 2 heterocycles. The fourth-order valence-electron chi connectivity index (χ4n) is 5.49. The van der Waals surface area contributed by atoms with Crippen molar-refractivity contribution in [3.05, 3.63) is 102 Å². The zero-order valence-corrected chi connectivity index (χ0v) is 24.1. The highest BCUT2D eigenvalue weighted by Crippen LogP contribution is 2.47. The summed E-state index contributed by atoms with van der Waals surface area (Å²) in [7, 11) is 0. The van der Waals surface area contributed by atoms with Crippen LogP contribution in [0.5, 0.6) is 17.2 Å². The Labute approximate surface area is 244 Å². The molecule has 4 aromatic rings. The second-order valence-corrected chi connectivity index (χ2v) is 12.3. The lowest BCUT2D eigenvalue weighted by atomic mass is 9.76. The number of rotatable bonds is 2. The van der Waals surface area contributed by atoms with E-state index in [1.165, 1.54) is 0 Å². The highest BCUT2D eigenvalue weighted by molar-refractivity contribution is 7.99. The van der Waals surface area contributed by atoms with E-state index in [9.17, 15) is 5.11 Å². The normalized spacial score (nSPS) is 20.0. The van der Waals surface area contributed by atoms with Crippen molar-refractivity contribution < 1.29 is 24.1 Å².